The number of hydrogen-bond acceptors (Lipinski definition) is 5. The highest BCUT2D eigenvalue weighted by Gasteiger charge is 2.25. The molecule has 2 N–H and O–H groups in total. The van der Waals surface area contributed by atoms with Gasteiger partial charge in [-0.1, -0.05) is 0 Å². The van der Waals surface area contributed by atoms with Crippen LogP contribution in [0.4, 0.5) is 19.0 Å². The number of fused-ring (bicyclic) bond motifs is 1. The lowest BCUT2D eigenvalue weighted by molar-refractivity contribution is 0.102. The van der Waals surface area contributed by atoms with Gasteiger partial charge in [-0.15, -0.1) is 0 Å². The number of rotatable bonds is 10. The molecule has 1 unspecified atom stereocenters. The summed E-state index contributed by atoms with van der Waals surface area (Å²) in [6.45, 7) is 5.36. The summed E-state index contributed by atoms with van der Waals surface area (Å²) in [5.41, 5.74) is -0.383. The van der Waals surface area contributed by atoms with Crippen molar-refractivity contribution in [3.8, 4) is 0 Å². The molecule has 0 radical (unpaired) electrons. The molecule has 0 aliphatic heterocycles. The topological polar surface area (TPSA) is 95.4 Å². The van der Waals surface area contributed by atoms with E-state index in [0.717, 1.165) is 0 Å². The van der Waals surface area contributed by atoms with Crippen molar-refractivity contribution in [3.63, 3.8) is 0 Å². The highest BCUT2D eigenvalue weighted by molar-refractivity contribution is 7.77. The first-order valence-corrected chi connectivity index (χ1v) is 11.4. The molecule has 33 heavy (non-hydrogen) atoms. The van der Waals surface area contributed by atoms with Gasteiger partial charge < -0.3 is 4.90 Å². The molecule has 0 aliphatic rings. The van der Waals surface area contributed by atoms with Gasteiger partial charge in [-0.3, -0.25) is 14.3 Å². The van der Waals surface area contributed by atoms with E-state index < -0.39 is 40.1 Å². The van der Waals surface area contributed by atoms with Crippen LogP contribution < -0.4 is 9.62 Å². The second kappa shape index (κ2) is 10.8. The van der Waals surface area contributed by atoms with Crippen molar-refractivity contribution in [2.45, 2.75) is 26.7 Å². The molecule has 0 amide bonds. The van der Waals surface area contributed by atoms with Crippen LogP contribution in [0.5, 0.6) is 0 Å². The van der Waals surface area contributed by atoms with Gasteiger partial charge in [0, 0.05) is 25.2 Å². The Hall–Kier alpha value is -2.89. The Kier molecular flexibility index (Phi) is 8.11. The Morgan fingerprint density at radius 1 is 1.12 bits per heavy atom. The molecule has 7 nitrogen and oxygen atoms in total. The van der Waals surface area contributed by atoms with Gasteiger partial charge in [0.1, 0.15) is 11.6 Å². The predicted molar refractivity (Wildman–Crippen MR) is 120 cm³/mol. The molecule has 3 rings (SSSR count). The van der Waals surface area contributed by atoms with Gasteiger partial charge in [-0.2, -0.15) is 0 Å². The number of benzene rings is 2. The summed E-state index contributed by atoms with van der Waals surface area (Å²) in [5.74, 6) is -4.50. The number of nitrogens with one attached hydrogen (secondary N) is 1. The number of carbonyl (C=O) groups is 1. The third-order valence-electron chi connectivity index (χ3n) is 5.19. The van der Waals surface area contributed by atoms with Gasteiger partial charge in [-0.25, -0.2) is 27.1 Å². The van der Waals surface area contributed by atoms with Crippen LogP contribution in [0.1, 0.15) is 41.8 Å². The first kappa shape index (κ1) is 24.7. The second-order valence-electron chi connectivity index (χ2n) is 7.20. The van der Waals surface area contributed by atoms with E-state index in [0.29, 0.717) is 36.0 Å². The van der Waals surface area contributed by atoms with Gasteiger partial charge in [-0.05, 0) is 56.5 Å². The van der Waals surface area contributed by atoms with E-state index in [1.807, 2.05) is 18.7 Å². The molecule has 0 saturated carbocycles. The van der Waals surface area contributed by atoms with Crippen LogP contribution in [0.25, 0.3) is 11.0 Å². The first-order valence-electron chi connectivity index (χ1n) is 10.3. The summed E-state index contributed by atoms with van der Waals surface area (Å²) in [6, 6.07) is 4.94. The van der Waals surface area contributed by atoms with E-state index in [1.165, 1.54) is 18.2 Å². The summed E-state index contributed by atoms with van der Waals surface area (Å²) in [7, 11) is 0. The Morgan fingerprint density at radius 2 is 1.85 bits per heavy atom. The van der Waals surface area contributed by atoms with E-state index in [-0.39, 0.29) is 30.5 Å². The monoisotopic (exact) mass is 480 g/mol. The van der Waals surface area contributed by atoms with E-state index in [1.54, 1.807) is 6.20 Å². The van der Waals surface area contributed by atoms with Crippen molar-refractivity contribution in [1.29, 1.82) is 0 Å². The number of nitrogens with zero attached hydrogens (tertiary/aromatic N) is 3. The summed E-state index contributed by atoms with van der Waals surface area (Å²) in [5, 5.41) is 0. The van der Waals surface area contributed by atoms with Gasteiger partial charge in [0.25, 0.3) is 0 Å². The highest BCUT2D eigenvalue weighted by atomic mass is 32.2. The van der Waals surface area contributed by atoms with Crippen LogP contribution >= 0.6 is 0 Å². The lowest BCUT2D eigenvalue weighted by atomic mass is 9.97. The number of ketones is 1. The van der Waals surface area contributed by atoms with Crippen molar-refractivity contribution in [1.82, 2.24) is 14.7 Å². The summed E-state index contributed by atoms with van der Waals surface area (Å²) < 4.78 is 65.2. The zero-order valence-electron chi connectivity index (χ0n) is 18.1. The number of carbonyl (C=O) groups excluding carboxylic acids is 1. The number of aryl methyl sites for hydroxylation is 1. The third kappa shape index (κ3) is 5.55. The molecular formula is C22H23F3N4O3S. The fourth-order valence-corrected chi connectivity index (χ4v) is 3.78. The molecule has 1 heterocycles. The third-order valence-corrected chi connectivity index (χ3v) is 5.64. The van der Waals surface area contributed by atoms with E-state index in [9.17, 15) is 17.8 Å². The quantitative estimate of drug-likeness (QED) is 0.199. The smallest absolute Gasteiger partial charge is 0.231 e. The summed E-state index contributed by atoms with van der Waals surface area (Å²) in [6.07, 6.45) is 1.71. The van der Waals surface area contributed by atoms with Crippen LogP contribution in [-0.4, -0.2) is 44.1 Å². The number of aromatic nitrogens is 2. The van der Waals surface area contributed by atoms with Crippen LogP contribution in [0.3, 0.4) is 0 Å². The van der Waals surface area contributed by atoms with Crippen LogP contribution in [0.2, 0.25) is 0 Å². The maximum Gasteiger partial charge on any atom is 0.231 e. The summed E-state index contributed by atoms with van der Waals surface area (Å²) >= 11 is -2.24. The van der Waals surface area contributed by atoms with E-state index in [4.69, 9.17) is 4.55 Å². The maximum absolute atomic E-state index is 15.0. The van der Waals surface area contributed by atoms with Gasteiger partial charge in [0.05, 0.1) is 22.8 Å². The minimum atomic E-state index is -2.24. The molecular weight excluding hydrogens is 457 g/mol. The second-order valence-corrected chi connectivity index (χ2v) is 7.99. The standard InChI is InChI=1S/C22H23F3N4O3S/c1-3-29(4-2)18-12-26-16-8-7-14(11-17(16)28-18)22(30)19-20(24)13(10-15(23)21(19)25)6-5-9-27-33(31)32/h7-8,10-12,27H,3-6,9H2,1-2H3,(H,31,32). The molecule has 0 bridgehead atoms. The Labute approximate surface area is 191 Å². The fourth-order valence-electron chi connectivity index (χ4n) is 3.46. The Bertz CT molecular complexity index is 1210. The maximum atomic E-state index is 15.0. The highest BCUT2D eigenvalue weighted by Crippen LogP contribution is 2.25. The molecule has 0 saturated heterocycles. The van der Waals surface area contributed by atoms with Gasteiger partial charge >= 0.3 is 0 Å². The van der Waals surface area contributed by atoms with Crippen LogP contribution in [-0.2, 0) is 17.7 Å². The molecule has 1 aromatic heterocycles. The van der Waals surface area contributed by atoms with Crippen LogP contribution in [0.15, 0.2) is 30.5 Å². The van der Waals surface area contributed by atoms with E-state index in [2.05, 4.69) is 14.7 Å². The Morgan fingerprint density at radius 3 is 2.52 bits per heavy atom. The van der Waals surface area contributed by atoms with Crippen molar-refractivity contribution in [3.05, 3.63) is 64.6 Å². The normalized spacial score (nSPS) is 12.2. The van der Waals surface area contributed by atoms with Crippen molar-refractivity contribution in [2.24, 2.45) is 0 Å². The predicted octanol–water partition coefficient (Wildman–Crippen LogP) is 3.78. The average Bonchev–Trinajstić information content (AvgIpc) is 2.80. The van der Waals surface area contributed by atoms with Gasteiger partial charge in [0.2, 0.25) is 11.3 Å². The summed E-state index contributed by atoms with van der Waals surface area (Å²) in [4.78, 5) is 23.8. The number of halogens is 3. The largest absolute Gasteiger partial charge is 0.356 e. The van der Waals surface area contributed by atoms with Crippen molar-refractivity contribution >= 4 is 33.9 Å². The molecule has 0 aliphatic carbocycles. The lowest BCUT2D eigenvalue weighted by Crippen LogP contribution is -2.23. The van der Waals surface area contributed by atoms with Crippen LogP contribution in [0, 0.1) is 17.5 Å². The van der Waals surface area contributed by atoms with E-state index >= 15 is 4.39 Å². The molecule has 11 heteroatoms. The molecule has 1 atom stereocenters. The molecule has 0 spiro atoms. The zero-order chi connectivity index (χ0) is 24.1. The minimum Gasteiger partial charge on any atom is -0.356 e. The molecule has 3 aromatic rings. The number of anilines is 1. The molecule has 0 fully saturated rings. The van der Waals surface area contributed by atoms with Crippen molar-refractivity contribution in [2.75, 3.05) is 24.5 Å². The Balaban J connectivity index is 1.97. The minimum absolute atomic E-state index is 0.0447. The van der Waals surface area contributed by atoms with Crippen molar-refractivity contribution < 1.29 is 26.7 Å². The average molecular weight is 481 g/mol. The molecule has 176 valence electrons. The first-order chi connectivity index (χ1) is 15.8. The fraction of sp³-hybridized carbons (Fsp3) is 0.318. The van der Waals surface area contributed by atoms with Gasteiger partial charge in [0.15, 0.2) is 17.4 Å². The lowest BCUT2D eigenvalue weighted by Gasteiger charge is -2.19. The SMILES string of the molecule is CCN(CC)c1cnc2ccc(C(=O)c3c(F)c(F)cc(CCCNS(=O)O)c3F)cc2n1. The zero-order valence-corrected chi connectivity index (χ0v) is 18.9. The number of hydrogen-bond donors (Lipinski definition) is 2. The molecule has 2 aromatic carbocycles.